The molecule has 5 rings (SSSR count). The van der Waals surface area contributed by atoms with Gasteiger partial charge in [-0.15, -0.1) is 0 Å². The van der Waals surface area contributed by atoms with Crippen LogP contribution in [0.5, 0.6) is 5.75 Å². The number of halogens is 7. The molecule has 5 aromatic rings. The number of carbonyl (C=O) groups excluding carboxylic acids is 1. The normalized spacial score (nSPS) is 12.1. The lowest BCUT2D eigenvalue weighted by molar-refractivity contribution is -0.137. The molecule has 0 aliphatic carbocycles. The van der Waals surface area contributed by atoms with Crippen molar-refractivity contribution in [3.05, 3.63) is 82.6 Å². The molecule has 0 N–H and O–H groups in total. The molecule has 0 radical (unpaired) electrons. The van der Waals surface area contributed by atoms with Crippen molar-refractivity contribution in [2.24, 2.45) is 7.05 Å². The number of imidazole rings is 2. The van der Waals surface area contributed by atoms with Gasteiger partial charge in [-0.25, -0.2) is 27.5 Å². The van der Waals surface area contributed by atoms with Crippen LogP contribution in [0.4, 0.5) is 30.7 Å². The SMILES string of the molecule is COc1c(-c2cc(F)cn3c(C(=O)c4cc(F)c(F)c(F)c4)cnc23)c(C(F)(F)F)cc2c1nc(C)n2C. The highest BCUT2D eigenvalue weighted by Crippen LogP contribution is 2.47. The molecule has 0 fully saturated rings. The first-order chi connectivity index (χ1) is 17.8. The first-order valence-corrected chi connectivity index (χ1v) is 10.8. The van der Waals surface area contributed by atoms with Crippen LogP contribution >= 0.6 is 0 Å². The average Bonchev–Trinajstić information content (AvgIpc) is 3.40. The number of alkyl halides is 3. The second-order valence-electron chi connectivity index (χ2n) is 8.41. The van der Waals surface area contributed by atoms with Crippen LogP contribution in [0.2, 0.25) is 0 Å². The van der Waals surface area contributed by atoms with Crippen molar-refractivity contribution in [2.45, 2.75) is 13.1 Å². The first-order valence-electron chi connectivity index (χ1n) is 10.8. The fraction of sp³-hybridized carbons (Fsp3) is 0.160. The summed E-state index contributed by atoms with van der Waals surface area (Å²) in [6, 6.07) is 2.54. The quantitative estimate of drug-likeness (QED) is 0.160. The molecule has 0 saturated carbocycles. The molecule has 0 amide bonds. The monoisotopic (exact) mass is 536 g/mol. The van der Waals surface area contributed by atoms with Crippen LogP contribution in [-0.4, -0.2) is 31.8 Å². The molecule has 13 heteroatoms. The predicted molar refractivity (Wildman–Crippen MR) is 121 cm³/mol. The van der Waals surface area contributed by atoms with E-state index in [1.807, 2.05) is 0 Å². The van der Waals surface area contributed by atoms with Crippen molar-refractivity contribution in [2.75, 3.05) is 7.11 Å². The van der Waals surface area contributed by atoms with E-state index in [0.29, 0.717) is 18.0 Å². The van der Waals surface area contributed by atoms with E-state index in [-0.39, 0.29) is 28.0 Å². The summed E-state index contributed by atoms with van der Waals surface area (Å²) in [4.78, 5) is 21.3. The van der Waals surface area contributed by atoms with Gasteiger partial charge in [-0.1, -0.05) is 0 Å². The third kappa shape index (κ3) is 3.76. The molecule has 0 unspecified atom stereocenters. The first kappa shape index (κ1) is 25.2. The van der Waals surface area contributed by atoms with Gasteiger partial charge in [0.1, 0.15) is 28.5 Å². The highest BCUT2D eigenvalue weighted by atomic mass is 19.4. The standard InChI is InChI=1S/C25H15F7N4O2/c1-10-34-21-17(35(10)2)7-14(25(30,31)32)19(23(21)38-3)13-6-12(26)9-36-18(8-33-24(13)36)22(37)11-4-15(27)20(29)16(28)5-11/h4-9H,1-3H3. The molecular formula is C25H15F7N4O2. The molecule has 0 atom stereocenters. The van der Waals surface area contributed by atoms with Crippen molar-refractivity contribution in [3.63, 3.8) is 0 Å². The molecule has 38 heavy (non-hydrogen) atoms. The summed E-state index contributed by atoms with van der Waals surface area (Å²) in [7, 11) is 2.66. The van der Waals surface area contributed by atoms with E-state index in [1.165, 1.54) is 11.6 Å². The van der Waals surface area contributed by atoms with Gasteiger partial charge in [0, 0.05) is 29.9 Å². The lowest BCUT2D eigenvalue weighted by Crippen LogP contribution is -2.11. The second-order valence-corrected chi connectivity index (χ2v) is 8.41. The topological polar surface area (TPSA) is 61.4 Å². The average molecular weight is 536 g/mol. The van der Waals surface area contributed by atoms with Crippen LogP contribution in [0.15, 0.2) is 36.7 Å². The van der Waals surface area contributed by atoms with E-state index in [1.54, 1.807) is 6.92 Å². The van der Waals surface area contributed by atoms with Crippen LogP contribution in [0.1, 0.15) is 27.4 Å². The number of carbonyl (C=O) groups is 1. The summed E-state index contributed by atoms with van der Waals surface area (Å²) in [6.45, 7) is 1.58. The summed E-state index contributed by atoms with van der Waals surface area (Å²) < 4.78 is 106. The fourth-order valence-corrected chi connectivity index (χ4v) is 4.34. The van der Waals surface area contributed by atoms with Gasteiger partial charge in [-0.2, -0.15) is 13.2 Å². The van der Waals surface area contributed by atoms with Crippen LogP contribution in [0.3, 0.4) is 0 Å². The Morgan fingerprint density at radius 1 is 1.03 bits per heavy atom. The van der Waals surface area contributed by atoms with E-state index in [4.69, 9.17) is 4.74 Å². The summed E-state index contributed by atoms with van der Waals surface area (Å²) in [6.07, 6.45) is -3.24. The minimum absolute atomic E-state index is 0.0815. The van der Waals surface area contributed by atoms with Gasteiger partial charge in [0.15, 0.2) is 23.2 Å². The van der Waals surface area contributed by atoms with E-state index < -0.39 is 57.6 Å². The zero-order chi connectivity index (χ0) is 27.7. The highest BCUT2D eigenvalue weighted by Gasteiger charge is 2.38. The maximum atomic E-state index is 14.9. The number of hydrogen-bond donors (Lipinski definition) is 0. The van der Waals surface area contributed by atoms with Crippen molar-refractivity contribution < 1.29 is 40.3 Å². The third-order valence-corrected chi connectivity index (χ3v) is 6.19. The van der Waals surface area contributed by atoms with Crippen LogP contribution < -0.4 is 4.74 Å². The van der Waals surface area contributed by atoms with E-state index in [9.17, 15) is 35.5 Å². The lowest BCUT2D eigenvalue weighted by Gasteiger charge is -2.18. The number of fused-ring (bicyclic) bond motifs is 2. The highest BCUT2D eigenvalue weighted by molar-refractivity contribution is 6.08. The van der Waals surface area contributed by atoms with Crippen LogP contribution in [0.25, 0.3) is 27.8 Å². The van der Waals surface area contributed by atoms with Gasteiger partial charge >= 0.3 is 6.18 Å². The van der Waals surface area contributed by atoms with Crippen LogP contribution in [0, 0.1) is 30.2 Å². The second kappa shape index (κ2) is 8.57. The number of aromatic nitrogens is 4. The van der Waals surface area contributed by atoms with Gasteiger partial charge in [0.2, 0.25) is 5.78 Å². The number of benzene rings is 2. The van der Waals surface area contributed by atoms with E-state index in [2.05, 4.69) is 9.97 Å². The summed E-state index contributed by atoms with van der Waals surface area (Å²) in [5, 5.41) is 0. The van der Waals surface area contributed by atoms with Crippen molar-refractivity contribution in [1.82, 2.24) is 18.9 Å². The third-order valence-electron chi connectivity index (χ3n) is 6.19. The molecule has 0 spiro atoms. The number of ketones is 1. The number of pyridine rings is 1. The molecule has 196 valence electrons. The van der Waals surface area contributed by atoms with Crippen molar-refractivity contribution >= 4 is 22.5 Å². The maximum absolute atomic E-state index is 14.9. The van der Waals surface area contributed by atoms with Crippen LogP contribution in [-0.2, 0) is 13.2 Å². The molecular weight excluding hydrogens is 521 g/mol. The molecule has 0 aliphatic heterocycles. The minimum atomic E-state index is -4.92. The maximum Gasteiger partial charge on any atom is 0.417 e. The number of rotatable bonds is 4. The molecule has 0 bridgehead atoms. The Kier molecular flexibility index (Phi) is 5.69. The summed E-state index contributed by atoms with van der Waals surface area (Å²) >= 11 is 0. The van der Waals surface area contributed by atoms with Crippen molar-refractivity contribution in [3.8, 4) is 16.9 Å². The van der Waals surface area contributed by atoms with Crippen molar-refractivity contribution in [1.29, 1.82) is 0 Å². The number of aryl methyl sites for hydroxylation is 2. The number of nitrogens with zero attached hydrogens (tertiary/aromatic N) is 4. The molecule has 2 aromatic carbocycles. The van der Waals surface area contributed by atoms with E-state index >= 15 is 0 Å². The minimum Gasteiger partial charge on any atom is -0.494 e. The lowest BCUT2D eigenvalue weighted by atomic mass is 9.97. The molecule has 3 heterocycles. The number of methoxy groups -OCH3 is 1. The predicted octanol–water partition coefficient (Wildman–Crippen LogP) is 6.01. The largest absolute Gasteiger partial charge is 0.494 e. The fourth-order valence-electron chi connectivity index (χ4n) is 4.34. The summed E-state index contributed by atoms with van der Waals surface area (Å²) in [5.41, 5.74) is -3.26. The Bertz CT molecular complexity index is 1760. The number of hydrogen-bond acceptors (Lipinski definition) is 4. The molecule has 3 aromatic heterocycles. The number of ether oxygens (including phenoxy) is 1. The molecule has 0 aliphatic rings. The Hall–Kier alpha value is -4.42. The van der Waals surface area contributed by atoms with Gasteiger partial charge in [-0.3, -0.25) is 9.20 Å². The summed E-state index contributed by atoms with van der Waals surface area (Å²) in [5.74, 6) is -7.10. The Balaban J connectivity index is 1.83. The van der Waals surface area contributed by atoms with E-state index in [0.717, 1.165) is 36.0 Å². The van der Waals surface area contributed by atoms with Gasteiger partial charge in [0.05, 0.1) is 24.4 Å². The Labute approximate surface area is 208 Å². The zero-order valence-electron chi connectivity index (χ0n) is 19.7. The Morgan fingerprint density at radius 3 is 2.29 bits per heavy atom. The molecule has 6 nitrogen and oxygen atoms in total. The van der Waals surface area contributed by atoms with Gasteiger partial charge in [0.25, 0.3) is 0 Å². The van der Waals surface area contributed by atoms with Gasteiger partial charge in [-0.05, 0) is 31.2 Å². The smallest absolute Gasteiger partial charge is 0.417 e. The Morgan fingerprint density at radius 2 is 1.68 bits per heavy atom. The molecule has 0 saturated heterocycles. The zero-order valence-corrected chi connectivity index (χ0v) is 19.7. The van der Waals surface area contributed by atoms with Gasteiger partial charge < -0.3 is 9.30 Å².